The van der Waals surface area contributed by atoms with Crippen LogP contribution in [0.15, 0.2) is 60.8 Å². The molecule has 0 fully saturated rings. The number of pyridine rings is 1. The van der Waals surface area contributed by atoms with Crippen molar-refractivity contribution >= 4 is 34.4 Å². The van der Waals surface area contributed by atoms with Crippen LogP contribution in [0.5, 0.6) is 0 Å². The number of halogens is 1. The van der Waals surface area contributed by atoms with Gasteiger partial charge in [-0.3, -0.25) is 9.78 Å². The van der Waals surface area contributed by atoms with E-state index in [4.69, 9.17) is 16.3 Å². The maximum atomic E-state index is 12.8. The molecule has 0 aliphatic rings. The van der Waals surface area contributed by atoms with Crippen molar-refractivity contribution in [3.63, 3.8) is 0 Å². The van der Waals surface area contributed by atoms with Crippen molar-refractivity contribution in [2.24, 2.45) is 0 Å². The fraction of sp³-hybridized carbons (Fsp3) is 0.150. The minimum absolute atomic E-state index is 0.280. The third-order valence-electron chi connectivity index (χ3n) is 4.01. The van der Waals surface area contributed by atoms with E-state index >= 15 is 0 Å². The second-order valence-corrected chi connectivity index (χ2v) is 6.20. The molecule has 1 atom stereocenters. The van der Waals surface area contributed by atoms with Gasteiger partial charge in [0.1, 0.15) is 6.04 Å². The Morgan fingerprint density at radius 2 is 1.96 bits per heavy atom. The lowest BCUT2D eigenvalue weighted by Gasteiger charge is -2.17. The first kappa shape index (κ1) is 17.9. The number of carbonyl (C=O) groups is 2. The summed E-state index contributed by atoms with van der Waals surface area (Å²) < 4.78 is 4.84. The summed E-state index contributed by atoms with van der Waals surface area (Å²) in [4.78, 5) is 29.2. The number of ether oxygens (including phenoxy) is 1. The highest BCUT2D eigenvalue weighted by atomic mass is 35.5. The fourth-order valence-electron chi connectivity index (χ4n) is 2.77. The minimum Gasteiger partial charge on any atom is -0.467 e. The molecule has 132 valence electrons. The lowest BCUT2D eigenvalue weighted by Crippen LogP contribution is -2.43. The maximum Gasteiger partial charge on any atom is 0.328 e. The van der Waals surface area contributed by atoms with E-state index in [2.05, 4.69) is 10.3 Å². The molecule has 3 aromatic rings. The van der Waals surface area contributed by atoms with Gasteiger partial charge in [0.15, 0.2) is 0 Å². The van der Waals surface area contributed by atoms with Gasteiger partial charge in [0, 0.05) is 23.0 Å². The standard InChI is InChI=1S/C20H17ClN2O3/c1-26-20(25)18(12-13-5-4-6-14(21)11-13)23-19(24)16-9-10-22-17-8-3-2-7-15(16)17/h2-11,18H,12H2,1H3,(H,23,24)/t18-/m1/s1. The van der Waals surface area contributed by atoms with Gasteiger partial charge in [-0.1, -0.05) is 41.9 Å². The first-order valence-electron chi connectivity index (χ1n) is 8.05. The van der Waals surface area contributed by atoms with Crippen molar-refractivity contribution in [3.05, 3.63) is 76.9 Å². The number of hydrogen-bond acceptors (Lipinski definition) is 4. The Kier molecular flexibility index (Phi) is 5.49. The number of aromatic nitrogens is 1. The van der Waals surface area contributed by atoms with E-state index < -0.39 is 12.0 Å². The zero-order valence-electron chi connectivity index (χ0n) is 14.1. The number of carbonyl (C=O) groups excluding carboxylic acids is 2. The number of hydrogen-bond donors (Lipinski definition) is 1. The van der Waals surface area contributed by atoms with Gasteiger partial charge in [-0.2, -0.15) is 0 Å². The average molecular weight is 369 g/mol. The summed E-state index contributed by atoms with van der Waals surface area (Å²) in [5.41, 5.74) is 1.99. The van der Waals surface area contributed by atoms with Gasteiger partial charge in [-0.05, 0) is 29.8 Å². The van der Waals surface area contributed by atoms with E-state index in [9.17, 15) is 9.59 Å². The number of benzene rings is 2. The van der Waals surface area contributed by atoms with Gasteiger partial charge in [-0.15, -0.1) is 0 Å². The molecular weight excluding hydrogens is 352 g/mol. The zero-order chi connectivity index (χ0) is 18.5. The van der Waals surface area contributed by atoms with Crippen LogP contribution in [0.4, 0.5) is 0 Å². The highest BCUT2D eigenvalue weighted by Gasteiger charge is 2.23. The number of fused-ring (bicyclic) bond motifs is 1. The molecule has 0 spiro atoms. The first-order chi connectivity index (χ1) is 12.6. The Balaban J connectivity index is 1.86. The smallest absolute Gasteiger partial charge is 0.328 e. The third-order valence-corrected chi connectivity index (χ3v) is 4.25. The largest absolute Gasteiger partial charge is 0.467 e. The fourth-order valence-corrected chi connectivity index (χ4v) is 2.98. The quantitative estimate of drug-likeness (QED) is 0.701. The summed E-state index contributed by atoms with van der Waals surface area (Å²) >= 11 is 6.00. The topological polar surface area (TPSA) is 68.3 Å². The van der Waals surface area contributed by atoms with Crippen LogP contribution in [0.25, 0.3) is 10.9 Å². The van der Waals surface area contributed by atoms with E-state index in [1.807, 2.05) is 30.3 Å². The number of methoxy groups -OCH3 is 1. The van der Waals surface area contributed by atoms with Gasteiger partial charge in [0.05, 0.1) is 18.2 Å². The van der Waals surface area contributed by atoms with Crippen molar-refractivity contribution in [1.82, 2.24) is 10.3 Å². The Morgan fingerprint density at radius 1 is 1.15 bits per heavy atom. The number of nitrogens with zero attached hydrogens (tertiary/aromatic N) is 1. The summed E-state index contributed by atoms with van der Waals surface area (Å²) in [5.74, 6) is -0.877. The molecule has 0 saturated heterocycles. The van der Waals surface area contributed by atoms with Crippen LogP contribution >= 0.6 is 11.6 Å². The molecule has 0 radical (unpaired) electrons. The Hall–Kier alpha value is -2.92. The third kappa shape index (κ3) is 4.00. The molecule has 0 saturated carbocycles. The molecule has 0 aliphatic carbocycles. The molecule has 1 aromatic heterocycles. The SMILES string of the molecule is COC(=O)[C@@H](Cc1cccc(Cl)c1)NC(=O)c1ccnc2ccccc12. The van der Waals surface area contributed by atoms with Crippen LogP contribution < -0.4 is 5.32 Å². The number of nitrogens with one attached hydrogen (secondary N) is 1. The maximum absolute atomic E-state index is 12.8. The molecule has 26 heavy (non-hydrogen) atoms. The molecule has 1 heterocycles. The van der Waals surface area contributed by atoms with Gasteiger partial charge in [-0.25, -0.2) is 4.79 Å². The highest BCUT2D eigenvalue weighted by Crippen LogP contribution is 2.17. The van der Waals surface area contributed by atoms with Gasteiger partial charge in [0.25, 0.3) is 5.91 Å². The van der Waals surface area contributed by atoms with Crippen molar-refractivity contribution in [1.29, 1.82) is 0 Å². The molecule has 6 heteroatoms. The molecule has 0 aliphatic heterocycles. The van der Waals surface area contributed by atoms with Crippen LogP contribution in [0.3, 0.4) is 0 Å². The Morgan fingerprint density at radius 3 is 2.73 bits per heavy atom. The molecule has 0 unspecified atom stereocenters. The van der Waals surface area contributed by atoms with Gasteiger partial charge in [0.2, 0.25) is 0 Å². The summed E-state index contributed by atoms with van der Waals surface area (Å²) in [6, 6.07) is 15.3. The van der Waals surface area contributed by atoms with Crippen molar-refractivity contribution < 1.29 is 14.3 Å². The average Bonchev–Trinajstić information content (AvgIpc) is 2.66. The number of para-hydroxylation sites is 1. The molecular formula is C20H17ClN2O3. The summed E-state index contributed by atoms with van der Waals surface area (Å²) in [5, 5.41) is 4.05. The number of esters is 1. The second kappa shape index (κ2) is 7.97. The van der Waals surface area contributed by atoms with Crippen LogP contribution in [-0.2, 0) is 16.0 Å². The van der Waals surface area contributed by atoms with Crippen LogP contribution in [-0.4, -0.2) is 30.0 Å². The van der Waals surface area contributed by atoms with Crippen molar-refractivity contribution in [2.45, 2.75) is 12.5 Å². The van der Waals surface area contributed by atoms with Crippen LogP contribution in [0, 0.1) is 0 Å². The molecule has 1 amide bonds. The predicted octanol–water partition coefficient (Wildman–Crippen LogP) is 3.40. The van der Waals surface area contributed by atoms with E-state index in [1.165, 1.54) is 7.11 Å². The van der Waals surface area contributed by atoms with Crippen LogP contribution in [0.2, 0.25) is 5.02 Å². The lowest BCUT2D eigenvalue weighted by molar-refractivity contribution is -0.142. The Labute approximate surface area is 156 Å². The van der Waals surface area contributed by atoms with Gasteiger partial charge < -0.3 is 10.1 Å². The summed E-state index contributed by atoms with van der Waals surface area (Å²) in [7, 11) is 1.29. The van der Waals surface area contributed by atoms with E-state index in [0.717, 1.165) is 10.9 Å². The van der Waals surface area contributed by atoms with Crippen LogP contribution in [0.1, 0.15) is 15.9 Å². The zero-order valence-corrected chi connectivity index (χ0v) is 14.9. The molecule has 2 aromatic carbocycles. The molecule has 1 N–H and O–H groups in total. The number of rotatable bonds is 5. The Bertz CT molecular complexity index is 953. The summed E-state index contributed by atoms with van der Waals surface area (Å²) in [6.45, 7) is 0. The second-order valence-electron chi connectivity index (χ2n) is 5.76. The number of amides is 1. The first-order valence-corrected chi connectivity index (χ1v) is 8.43. The lowest BCUT2D eigenvalue weighted by atomic mass is 10.0. The normalized spacial score (nSPS) is 11.8. The summed E-state index contributed by atoms with van der Waals surface area (Å²) in [6.07, 6.45) is 1.85. The molecule has 5 nitrogen and oxygen atoms in total. The molecule has 0 bridgehead atoms. The van der Waals surface area contributed by atoms with E-state index in [1.54, 1.807) is 30.5 Å². The minimum atomic E-state index is -0.821. The molecule has 3 rings (SSSR count). The van der Waals surface area contributed by atoms with Crippen molar-refractivity contribution in [3.8, 4) is 0 Å². The van der Waals surface area contributed by atoms with E-state index in [0.29, 0.717) is 16.1 Å². The van der Waals surface area contributed by atoms with E-state index in [-0.39, 0.29) is 12.3 Å². The van der Waals surface area contributed by atoms with Gasteiger partial charge >= 0.3 is 5.97 Å². The highest BCUT2D eigenvalue weighted by molar-refractivity contribution is 6.30. The van der Waals surface area contributed by atoms with Crippen molar-refractivity contribution in [2.75, 3.05) is 7.11 Å². The predicted molar refractivity (Wildman–Crippen MR) is 100 cm³/mol. The monoisotopic (exact) mass is 368 g/mol.